The first-order chi connectivity index (χ1) is 16.6. The van der Waals surface area contributed by atoms with E-state index in [4.69, 9.17) is 14.2 Å². The molecule has 6 nitrogen and oxygen atoms in total. The lowest BCUT2D eigenvalue weighted by molar-refractivity contribution is -0.252. The summed E-state index contributed by atoms with van der Waals surface area (Å²) in [5.41, 5.74) is 0.537. The minimum Gasteiger partial charge on any atom is -0.458 e. The molecule has 1 saturated heterocycles. The second-order valence-corrected chi connectivity index (χ2v) is 13.2. The first-order valence-corrected chi connectivity index (χ1v) is 14.2. The van der Waals surface area contributed by atoms with E-state index in [1.54, 1.807) is 6.08 Å². The van der Waals surface area contributed by atoms with Crippen LogP contribution in [0.1, 0.15) is 91.4 Å². The standard InChI is InChI=1S/C29H44O6/c1-17-24(30)6-7-26(34-17)35-20-8-11-27(2)19(15-20)4-5-23-22(27)9-12-28(3)21(10-13-29(23,28)32)18-14-25(31)33-16-18/h14,17,19-24,26,30,32H,4-13,15-16H2,1-3H3/t17?,19-,20+,21-,22?,23-,24-,26+,27?,28?,29+/m1/s1. The van der Waals surface area contributed by atoms with Crippen molar-refractivity contribution in [3.63, 3.8) is 0 Å². The van der Waals surface area contributed by atoms with E-state index in [-0.39, 0.29) is 47.3 Å². The number of aliphatic hydroxyl groups excluding tert-OH is 1. The maximum absolute atomic E-state index is 12.4. The molecule has 0 aromatic carbocycles. The molecule has 2 heterocycles. The van der Waals surface area contributed by atoms with Crippen molar-refractivity contribution in [3.05, 3.63) is 11.6 Å². The number of carbonyl (C=O) groups excluding carboxylic acids is 1. The Hall–Kier alpha value is -0.950. The topological polar surface area (TPSA) is 85.2 Å². The lowest BCUT2D eigenvalue weighted by atomic mass is 9.43. The van der Waals surface area contributed by atoms with Crippen molar-refractivity contribution in [1.29, 1.82) is 0 Å². The van der Waals surface area contributed by atoms with Crippen molar-refractivity contribution in [2.24, 2.45) is 34.5 Å². The quantitative estimate of drug-likeness (QED) is 0.449. The summed E-state index contributed by atoms with van der Waals surface area (Å²) in [5, 5.41) is 22.3. The summed E-state index contributed by atoms with van der Waals surface area (Å²) < 4.78 is 17.6. The van der Waals surface area contributed by atoms with Gasteiger partial charge in [0.2, 0.25) is 0 Å². The number of rotatable bonds is 3. The summed E-state index contributed by atoms with van der Waals surface area (Å²) in [6.45, 7) is 7.14. The highest BCUT2D eigenvalue weighted by atomic mass is 16.7. The number of fused-ring (bicyclic) bond motifs is 5. The molecular formula is C29H44O6. The van der Waals surface area contributed by atoms with Crippen LogP contribution in [0.5, 0.6) is 0 Å². The lowest BCUT2D eigenvalue weighted by Crippen LogP contribution is -2.62. The van der Waals surface area contributed by atoms with Crippen molar-refractivity contribution < 1.29 is 29.2 Å². The summed E-state index contributed by atoms with van der Waals surface area (Å²) in [6, 6.07) is 0. The SMILES string of the molecule is CC1O[C@@H](O[C@H]2CCC3(C)C4CCC5(C)[C@@H](C6=CC(=O)OC6)CC[C@]5(O)[C@@H]4CC[C@@H]3C2)CC[C@H]1O. The summed E-state index contributed by atoms with van der Waals surface area (Å²) in [6.07, 6.45) is 12.3. The zero-order valence-corrected chi connectivity index (χ0v) is 21.7. The number of cyclic esters (lactones) is 1. The van der Waals surface area contributed by atoms with Crippen LogP contribution in [0.15, 0.2) is 11.6 Å². The Kier molecular flexibility index (Phi) is 5.95. The minimum atomic E-state index is -0.651. The van der Waals surface area contributed by atoms with Gasteiger partial charge in [0.25, 0.3) is 0 Å². The van der Waals surface area contributed by atoms with E-state index >= 15 is 0 Å². The van der Waals surface area contributed by atoms with Gasteiger partial charge in [0, 0.05) is 17.9 Å². The van der Waals surface area contributed by atoms with Crippen LogP contribution in [0.2, 0.25) is 0 Å². The third-order valence-electron chi connectivity index (χ3n) is 11.9. The number of aliphatic hydroxyl groups is 2. The van der Waals surface area contributed by atoms with Gasteiger partial charge in [-0.05, 0) is 106 Å². The number of esters is 1. The van der Waals surface area contributed by atoms with E-state index in [0.29, 0.717) is 24.4 Å². The van der Waals surface area contributed by atoms with Crippen molar-refractivity contribution in [2.75, 3.05) is 6.61 Å². The zero-order valence-electron chi connectivity index (χ0n) is 21.7. The molecule has 4 aliphatic carbocycles. The Balaban J connectivity index is 1.16. The van der Waals surface area contributed by atoms with Crippen LogP contribution in [-0.2, 0) is 19.0 Å². The van der Waals surface area contributed by atoms with Crippen LogP contribution >= 0.6 is 0 Å². The number of hydrogen-bond acceptors (Lipinski definition) is 6. The maximum Gasteiger partial charge on any atom is 0.331 e. The van der Waals surface area contributed by atoms with Crippen LogP contribution in [-0.4, -0.2) is 53.0 Å². The largest absolute Gasteiger partial charge is 0.458 e. The first-order valence-electron chi connectivity index (χ1n) is 14.2. The van der Waals surface area contributed by atoms with Crippen LogP contribution in [0, 0.1) is 34.5 Å². The fourth-order valence-electron chi connectivity index (χ4n) is 9.75. The third kappa shape index (κ3) is 3.68. The molecule has 35 heavy (non-hydrogen) atoms. The smallest absolute Gasteiger partial charge is 0.331 e. The molecule has 0 spiro atoms. The normalized spacial score (nSPS) is 53.9. The number of ether oxygens (including phenoxy) is 3. The first kappa shape index (κ1) is 24.4. The van der Waals surface area contributed by atoms with Crippen LogP contribution < -0.4 is 0 Å². The van der Waals surface area contributed by atoms with Gasteiger partial charge in [-0.3, -0.25) is 0 Å². The summed E-state index contributed by atoms with van der Waals surface area (Å²) >= 11 is 0. The Labute approximate surface area is 209 Å². The molecule has 5 fully saturated rings. The molecule has 0 amide bonds. The third-order valence-corrected chi connectivity index (χ3v) is 11.9. The van der Waals surface area contributed by atoms with E-state index < -0.39 is 5.60 Å². The van der Waals surface area contributed by atoms with E-state index in [0.717, 1.165) is 69.8 Å². The van der Waals surface area contributed by atoms with Gasteiger partial charge in [-0.25, -0.2) is 4.79 Å². The average molecular weight is 489 g/mol. The van der Waals surface area contributed by atoms with Gasteiger partial charge in [-0.1, -0.05) is 13.8 Å². The predicted molar refractivity (Wildman–Crippen MR) is 130 cm³/mol. The summed E-state index contributed by atoms with van der Waals surface area (Å²) in [5.74, 6) is 1.56. The van der Waals surface area contributed by atoms with Crippen LogP contribution in [0.25, 0.3) is 0 Å². The molecule has 0 aromatic rings. The summed E-state index contributed by atoms with van der Waals surface area (Å²) in [7, 11) is 0. The molecule has 0 aromatic heterocycles. The highest BCUT2D eigenvalue weighted by Crippen LogP contribution is 2.70. The predicted octanol–water partition coefficient (Wildman–Crippen LogP) is 4.51. The average Bonchev–Trinajstić information content (AvgIpc) is 3.36. The van der Waals surface area contributed by atoms with Gasteiger partial charge in [-0.15, -0.1) is 0 Å². The summed E-state index contributed by atoms with van der Waals surface area (Å²) in [4.78, 5) is 11.8. The van der Waals surface area contributed by atoms with Gasteiger partial charge in [-0.2, -0.15) is 0 Å². The van der Waals surface area contributed by atoms with E-state index in [1.807, 2.05) is 6.92 Å². The molecule has 6 heteroatoms. The Morgan fingerprint density at radius 1 is 1.00 bits per heavy atom. The van der Waals surface area contributed by atoms with Crippen molar-refractivity contribution in [1.82, 2.24) is 0 Å². The molecule has 2 N–H and O–H groups in total. The lowest BCUT2D eigenvalue weighted by Gasteiger charge is -2.63. The second kappa shape index (κ2) is 8.54. The highest BCUT2D eigenvalue weighted by molar-refractivity contribution is 5.85. The van der Waals surface area contributed by atoms with Crippen molar-refractivity contribution >= 4 is 5.97 Å². The maximum atomic E-state index is 12.4. The Bertz CT molecular complexity index is 886. The zero-order chi connectivity index (χ0) is 24.6. The molecule has 196 valence electrons. The Morgan fingerprint density at radius 2 is 1.83 bits per heavy atom. The number of carbonyl (C=O) groups is 1. The molecule has 6 aliphatic rings. The molecular weight excluding hydrogens is 444 g/mol. The number of hydrogen-bond donors (Lipinski definition) is 2. The fourth-order valence-corrected chi connectivity index (χ4v) is 9.75. The molecule has 0 radical (unpaired) electrons. The minimum absolute atomic E-state index is 0.157. The van der Waals surface area contributed by atoms with E-state index in [9.17, 15) is 15.0 Å². The molecule has 0 bridgehead atoms. The van der Waals surface area contributed by atoms with Crippen LogP contribution in [0.3, 0.4) is 0 Å². The molecule has 6 rings (SSSR count). The van der Waals surface area contributed by atoms with Gasteiger partial charge < -0.3 is 24.4 Å². The highest BCUT2D eigenvalue weighted by Gasteiger charge is 2.67. The van der Waals surface area contributed by atoms with Gasteiger partial charge in [0.05, 0.1) is 23.9 Å². The monoisotopic (exact) mass is 488 g/mol. The molecule has 2 aliphatic heterocycles. The van der Waals surface area contributed by atoms with Crippen molar-refractivity contribution in [2.45, 2.75) is 122 Å². The molecule has 4 saturated carbocycles. The van der Waals surface area contributed by atoms with Gasteiger partial charge in [0.15, 0.2) is 6.29 Å². The molecule has 4 unspecified atom stereocenters. The van der Waals surface area contributed by atoms with Gasteiger partial charge >= 0.3 is 5.97 Å². The second-order valence-electron chi connectivity index (χ2n) is 13.2. The van der Waals surface area contributed by atoms with Crippen molar-refractivity contribution in [3.8, 4) is 0 Å². The van der Waals surface area contributed by atoms with Crippen LogP contribution in [0.4, 0.5) is 0 Å². The molecule has 11 atom stereocenters. The van der Waals surface area contributed by atoms with E-state index in [1.165, 1.54) is 6.42 Å². The van der Waals surface area contributed by atoms with Gasteiger partial charge in [0.1, 0.15) is 6.61 Å². The Morgan fingerprint density at radius 3 is 2.57 bits per heavy atom. The van der Waals surface area contributed by atoms with E-state index in [2.05, 4.69) is 13.8 Å². The fraction of sp³-hybridized carbons (Fsp3) is 0.897.